The van der Waals surface area contributed by atoms with Gasteiger partial charge in [-0.3, -0.25) is 14.5 Å². The largest absolute Gasteiger partial charge is 0.395 e. The fourth-order valence-corrected chi connectivity index (χ4v) is 2.61. The Bertz CT molecular complexity index is 912. The van der Waals surface area contributed by atoms with E-state index in [4.69, 9.17) is 10.4 Å². The van der Waals surface area contributed by atoms with Crippen molar-refractivity contribution in [3.05, 3.63) is 65.9 Å². The molecule has 1 aliphatic rings. The number of β-amino-alcohol motifs (C(OH)–C–C–N with tert-alkyl or cyclic N) is 1. The molecule has 0 aromatic heterocycles. The molecule has 2 N–H and O–H groups in total. The first-order chi connectivity index (χ1) is 12.1. The Hall–Kier alpha value is -3.43. The molecule has 0 atom stereocenters. The van der Waals surface area contributed by atoms with Gasteiger partial charge in [0.2, 0.25) is 0 Å². The number of aliphatic hydroxyl groups is 1. The molecule has 2 aromatic carbocycles. The van der Waals surface area contributed by atoms with Gasteiger partial charge in [0.1, 0.15) is 5.70 Å². The molecular formula is C19H15N3O3. The Morgan fingerprint density at radius 1 is 1.08 bits per heavy atom. The number of nitrogens with one attached hydrogen (secondary N) is 1. The standard InChI is InChI=1S/C19H15N3O3/c20-12-13-3-1-4-14(9-13)15-5-2-6-16(10-15)21-17-11-18(24)22(7-8-23)19(17)25/h1-6,9-11,21,23H,7-8H2. The van der Waals surface area contributed by atoms with Gasteiger partial charge in [0.05, 0.1) is 24.8 Å². The minimum Gasteiger partial charge on any atom is -0.395 e. The normalized spacial score (nSPS) is 13.6. The molecule has 25 heavy (non-hydrogen) atoms. The second-order valence-electron chi connectivity index (χ2n) is 5.48. The van der Waals surface area contributed by atoms with Crippen molar-refractivity contribution in [2.45, 2.75) is 0 Å². The summed E-state index contributed by atoms with van der Waals surface area (Å²) < 4.78 is 0. The number of imide groups is 1. The van der Waals surface area contributed by atoms with Crippen molar-refractivity contribution < 1.29 is 14.7 Å². The zero-order chi connectivity index (χ0) is 17.8. The number of amides is 2. The third-order valence-electron chi connectivity index (χ3n) is 3.80. The lowest BCUT2D eigenvalue weighted by atomic mass is 10.0. The fraction of sp³-hybridized carbons (Fsp3) is 0.105. The highest BCUT2D eigenvalue weighted by molar-refractivity contribution is 6.17. The van der Waals surface area contributed by atoms with Gasteiger partial charge in [-0.25, -0.2) is 0 Å². The van der Waals surface area contributed by atoms with E-state index >= 15 is 0 Å². The van der Waals surface area contributed by atoms with Crippen LogP contribution in [-0.2, 0) is 9.59 Å². The maximum atomic E-state index is 12.2. The molecule has 6 heteroatoms. The summed E-state index contributed by atoms with van der Waals surface area (Å²) in [5, 5.41) is 20.9. The van der Waals surface area contributed by atoms with Gasteiger partial charge in [-0.05, 0) is 35.4 Å². The minimum absolute atomic E-state index is 0.0274. The van der Waals surface area contributed by atoms with Gasteiger partial charge in [0.15, 0.2) is 0 Å². The minimum atomic E-state index is -0.462. The maximum absolute atomic E-state index is 12.2. The predicted octanol–water partition coefficient (Wildman–Crippen LogP) is 1.88. The molecule has 0 saturated heterocycles. The molecule has 0 aliphatic carbocycles. The lowest BCUT2D eigenvalue weighted by Crippen LogP contribution is -2.34. The average Bonchev–Trinajstić information content (AvgIpc) is 2.90. The summed E-state index contributed by atoms with van der Waals surface area (Å²) in [6.07, 6.45) is 1.22. The van der Waals surface area contributed by atoms with Gasteiger partial charge >= 0.3 is 0 Å². The van der Waals surface area contributed by atoms with Crippen molar-refractivity contribution in [1.82, 2.24) is 4.90 Å². The predicted molar refractivity (Wildman–Crippen MR) is 92.1 cm³/mol. The molecule has 0 saturated carbocycles. The van der Waals surface area contributed by atoms with E-state index in [0.29, 0.717) is 11.3 Å². The van der Waals surface area contributed by atoms with Crippen molar-refractivity contribution in [3.63, 3.8) is 0 Å². The first kappa shape index (κ1) is 16.4. The van der Waals surface area contributed by atoms with E-state index in [2.05, 4.69) is 11.4 Å². The summed E-state index contributed by atoms with van der Waals surface area (Å²) in [7, 11) is 0. The van der Waals surface area contributed by atoms with Crippen LogP contribution < -0.4 is 5.32 Å². The van der Waals surface area contributed by atoms with Gasteiger partial charge in [-0.1, -0.05) is 24.3 Å². The third-order valence-corrected chi connectivity index (χ3v) is 3.80. The molecule has 1 aliphatic heterocycles. The lowest BCUT2D eigenvalue weighted by molar-refractivity contribution is -0.137. The molecule has 3 rings (SSSR count). The van der Waals surface area contributed by atoms with Crippen LogP contribution in [0.4, 0.5) is 5.69 Å². The van der Waals surface area contributed by atoms with E-state index < -0.39 is 11.8 Å². The van der Waals surface area contributed by atoms with Crippen molar-refractivity contribution in [3.8, 4) is 17.2 Å². The Labute approximate surface area is 144 Å². The summed E-state index contributed by atoms with van der Waals surface area (Å²) in [5.41, 5.74) is 3.15. The van der Waals surface area contributed by atoms with Crippen molar-refractivity contribution in [2.75, 3.05) is 18.5 Å². The number of benzene rings is 2. The molecular weight excluding hydrogens is 318 g/mol. The van der Waals surface area contributed by atoms with Crippen LogP contribution in [0, 0.1) is 11.3 Å². The molecule has 0 spiro atoms. The molecule has 2 aromatic rings. The van der Waals surface area contributed by atoms with Crippen LogP contribution in [-0.4, -0.2) is 35.0 Å². The Kier molecular flexibility index (Phi) is 4.59. The summed E-state index contributed by atoms with van der Waals surface area (Å²) in [4.78, 5) is 24.9. The van der Waals surface area contributed by atoms with E-state index in [1.54, 1.807) is 18.2 Å². The Morgan fingerprint density at radius 2 is 1.80 bits per heavy atom. The van der Waals surface area contributed by atoms with Crippen LogP contribution in [0.5, 0.6) is 0 Å². The third kappa shape index (κ3) is 3.42. The van der Waals surface area contributed by atoms with Crippen LogP contribution in [0.25, 0.3) is 11.1 Å². The lowest BCUT2D eigenvalue weighted by Gasteiger charge is -2.13. The van der Waals surface area contributed by atoms with Gasteiger partial charge < -0.3 is 10.4 Å². The zero-order valence-corrected chi connectivity index (χ0v) is 13.3. The average molecular weight is 333 g/mol. The number of hydrogen-bond donors (Lipinski definition) is 2. The summed E-state index contributed by atoms with van der Waals surface area (Å²) in [6.45, 7) is -0.302. The van der Waals surface area contributed by atoms with Crippen molar-refractivity contribution in [2.24, 2.45) is 0 Å². The van der Waals surface area contributed by atoms with E-state index in [1.165, 1.54) is 6.08 Å². The number of nitriles is 1. The van der Waals surface area contributed by atoms with E-state index in [9.17, 15) is 9.59 Å². The van der Waals surface area contributed by atoms with Crippen molar-refractivity contribution >= 4 is 17.5 Å². The SMILES string of the molecule is N#Cc1cccc(-c2cccc(NC3=CC(=O)N(CCO)C3=O)c2)c1. The van der Waals surface area contributed by atoms with Crippen LogP contribution in [0.3, 0.4) is 0 Å². The fourth-order valence-electron chi connectivity index (χ4n) is 2.61. The van der Waals surface area contributed by atoms with Crippen molar-refractivity contribution in [1.29, 1.82) is 5.26 Å². The number of nitrogens with zero attached hydrogens (tertiary/aromatic N) is 2. The van der Waals surface area contributed by atoms with E-state index in [-0.39, 0.29) is 18.8 Å². The molecule has 124 valence electrons. The number of carbonyl (C=O) groups excluding carboxylic acids is 2. The second kappa shape index (κ2) is 6.99. The zero-order valence-electron chi connectivity index (χ0n) is 13.3. The number of anilines is 1. The first-order valence-electron chi connectivity index (χ1n) is 7.68. The number of rotatable bonds is 5. The molecule has 0 bridgehead atoms. The van der Waals surface area contributed by atoms with Crippen LogP contribution >= 0.6 is 0 Å². The van der Waals surface area contributed by atoms with Gasteiger partial charge in [-0.15, -0.1) is 0 Å². The molecule has 0 radical (unpaired) electrons. The van der Waals surface area contributed by atoms with Gasteiger partial charge in [-0.2, -0.15) is 5.26 Å². The highest BCUT2D eigenvalue weighted by Gasteiger charge is 2.30. The Morgan fingerprint density at radius 3 is 2.52 bits per heavy atom. The molecule has 1 heterocycles. The van der Waals surface area contributed by atoms with Crippen LogP contribution in [0.15, 0.2) is 60.3 Å². The molecule has 6 nitrogen and oxygen atoms in total. The molecule has 0 fully saturated rings. The number of aliphatic hydroxyl groups excluding tert-OH is 1. The summed E-state index contributed by atoms with van der Waals surface area (Å²) >= 11 is 0. The highest BCUT2D eigenvalue weighted by atomic mass is 16.3. The number of hydrogen-bond acceptors (Lipinski definition) is 5. The molecule has 0 unspecified atom stereocenters. The second-order valence-corrected chi connectivity index (χ2v) is 5.48. The molecule has 2 amide bonds. The first-order valence-corrected chi connectivity index (χ1v) is 7.68. The quantitative estimate of drug-likeness (QED) is 0.815. The van der Waals surface area contributed by atoms with Gasteiger partial charge in [0, 0.05) is 11.8 Å². The van der Waals surface area contributed by atoms with E-state index in [1.807, 2.05) is 30.3 Å². The van der Waals surface area contributed by atoms with Crippen LogP contribution in [0.1, 0.15) is 5.56 Å². The topological polar surface area (TPSA) is 93.4 Å². The maximum Gasteiger partial charge on any atom is 0.277 e. The Balaban J connectivity index is 1.83. The van der Waals surface area contributed by atoms with Gasteiger partial charge in [0.25, 0.3) is 11.8 Å². The highest BCUT2D eigenvalue weighted by Crippen LogP contribution is 2.25. The van der Waals surface area contributed by atoms with Crippen LogP contribution in [0.2, 0.25) is 0 Å². The smallest absolute Gasteiger partial charge is 0.277 e. The summed E-state index contributed by atoms with van der Waals surface area (Å²) in [5.74, 6) is -0.907. The van der Waals surface area contributed by atoms with E-state index in [0.717, 1.165) is 16.0 Å². The summed E-state index contributed by atoms with van der Waals surface area (Å²) in [6, 6.07) is 16.7. The monoisotopic (exact) mass is 333 g/mol. The number of carbonyl (C=O) groups is 2.